The predicted octanol–water partition coefficient (Wildman–Crippen LogP) is 5.26. The molecule has 4 rings (SSSR count). The van der Waals surface area contributed by atoms with E-state index >= 15 is 0 Å². The van der Waals surface area contributed by atoms with Crippen molar-refractivity contribution < 1.29 is 18.6 Å². The number of methoxy groups -OCH3 is 1. The van der Waals surface area contributed by atoms with Gasteiger partial charge in [-0.3, -0.25) is 0 Å². The second-order valence-corrected chi connectivity index (χ2v) is 6.98. The summed E-state index contributed by atoms with van der Waals surface area (Å²) < 4.78 is 22.9. The highest BCUT2D eigenvalue weighted by molar-refractivity contribution is 6.03. The number of nitrogens with zero attached hydrogens (tertiary/aromatic N) is 3. The van der Waals surface area contributed by atoms with Gasteiger partial charge in [-0.2, -0.15) is 5.26 Å². The zero-order valence-electron chi connectivity index (χ0n) is 17.8. The van der Waals surface area contributed by atoms with E-state index in [1.165, 1.54) is 6.33 Å². The third-order valence-corrected chi connectivity index (χ3v) is 4.90. The normalized spacial score (nSPS) is 10.8. The van der Waals surface area contributed by atoms with Crippen molar-refractivity contribution in [1.29, 1.82) is 5.26 Å². The van der Waals surface area contributed by atoms with E-state index in [4.69, 9.17) is 23.9 Å². The van der Waals surface area contributed by atoms with Gasteiger partial charge in [0.1, 0.15) is 23.2 Å². The monoisotopic (exact) mass is 429 g/mol. The van der Waals surface area contributed by atoms with Gasteiger partial charge in [0.25, 0.3) is 0 Å². The van der Waals surface area contributed by atoms with Crippen molar-refractivity contribution in [2.45, 2.75) is 12.8 Å². The van der Waals surface area contributed by atoms with Crippen molar-refractivity contribution in [3.63, 3.8) is 0 Å². The summed E-state index contributed by atoms with van der Waals surface area (Å²) in [5.74, 6) is 1.94. The quantitative estimate of drug-likeness (QED) is 0.317. The molecule has 162 valence electrons. The first-order valence-corrected chi connectivity index (χ1v) is 10.4. The number of hydrogen-bond donors (Lipinski definition) is 0. The number of nitriles is 1. The fourth-order valence-corrected chi connectivity index (χ4v) is 3.39. The first-order chi connectivity index (χ1) is 15.8. The molecule has 0 saturated carbocycles. The highest BCUT2D eigenvalue weighted by atomic mass is 16.5. The smallest absolute Gasteiger partial charge is 0.234 e. The third kappa shape index (κ3) is 4.71. The summed E-state index contributed by atoms with van der Waals surface area (Å²) in [6.45, 7) is 1.37. The summed E-state index contributed by atoms with van der Waals surface area (Å²) in [5.41, 5.74) is 3.22. The number of hydrogen-bond acceptors (Lipinski definition) is 7. The molecule has 0 saturated heterocycles. The van der Waals surface area contributed by atoms with Crippen LogP contribution in [0.25, 0.3) is 33.6 Å². The summed E-state index contributed by atoms with van der Waals surface area (Å²) in [5, 5.41) is 9.29. The maximum absolute atomic E-state index is 8.57. The molecule has 0 amide bonds. The first-order valence-electron chi connectivity index (χ1n) is 10.4. The van der Waals surface area contributed by atoms with Gasteiger partial charge in [0.05, 0.1) is 32.8 Å². The Hall–Kier alpha value is -3.89. The minimum absolute atomic E-state index is 0.385. The second kappa shape index (κ2) is 10.4. The molecule has 0 aliphatic carbocycles. The van der Waals surface area contributed by atoms with Crippen molar-refractivity contribution in [2.75, 3.05) is 26.9 Å². The first kappa shape index (κ1) is 21.3. The van der Waals surface area contributed by atoms with Gasteiger partial charge in [-0.1, -0.05) is 42.5 Å². The van der Waals surface area contributed by atoms with Gasteiger partial charge in [-0.15, -0.1) is 0 Å². The van der Waals surface area contributed by atoms with Crippen molar-refractivity contribution in [3.8, 4) is 40.1 Å². The topological polar surface area (TPSA) is 90.4 Å². The molecule has 4 aromatic rings. The lowest BCUT2D eigenvalue weighted by molar-refractivity contribution is 0.123. The van der Waals surface area contributed by atoms with Crippen molar-refractivity contribution in [2.24, 2.45) is 0 Å². The Morgan fingerprint density at radius 1 is 0.938 bits per heavy atom. The van der Waals surface area contributed by atoms with E-state index in [1.807, 2.05) is 54.6 Å². The number of ether oxygens (including phenoxy) is 3. The van der Waals surface area contributed by atoms with Gasteiger partial charge < -0.3 is 18.6 Å². The van der Waals surface area contributed by atoms with E-state index in [-0.39, 0.29) is 0 Å². The van der Waals surface area contributed by atoms with Gasteiger partial charge in [0.15, 0.2) is 0 Å². The predicted molar refractivity (Wildman–Crippen MR) is 120 cm³/mol. The van der Waals surface area contributed by atoms with Crippen molar-refractivity contribution in [3.05, 3.63) is 60.9 Å². The van der Waals surface area contributed by atoms with Crippen molar-refractivity contribution in [1.82, 2.24) is 9.97 Å². The van der Waals surface area contributed by atoms with Gasteiger partial charge in [-0.25, -0.2) is 9.97 Å². The Labute approximate surface area is 186 Å². The van der Waals surface area contributed by atoms with Crippen LogP contribution >= 0.6 is 0 Å². The Morgan fingerprint density at radius 3 is 2.50 bits per heavy atom. The molecule has 0 N–H and O–H groups in total. The Bertz CT molecular complexity index is 1200. The van der Waals surface area contributed by atoms with Crippen LogP contribution in [-0.2, 0) is 4.74 Å². The average molecular weight is 429 g/mol. The zero-order chi connectivity index (χ0) is 22.2. The number of furan rings is 1. The SMILES string of the molecule is COc1ccc(-c2c(-c3ccccc3)oc3ncnc(OCCCOCCC#N)c23)cc1. The van der Waals surface area contributed by atoms with Crippen LogP contribution in [0, 0.1) is 11.3 Å². The fraction of sp³-hybridized carbons (Fsp3) is 0.240. The van der Waals surface area contributed by atoms with E-state index in [1.54, 1.807) is 7.11 Å². The zero-order valence-corrected chi connectivity index (χ0v) is 17.8. The molecule has 32 heavy (non-hydrogen) atoms. The van der Waals surface area contributed by atoms with Gasteiger partial charge in [-0.05, 0) is 17.7 Å². The van der Waals surface area contributed by atoms with Crippen molar-refractivity contribution >= 4 is 11.1 Å². The minimum Gasteiger partial charge on any atom is -0.497 e. The van der Waals surface area contributed by atoms with Crippen LogP contribution < -0.4 is 9.47 Å². The molecule has 0 atom stereocenters. The molecule has 2 aromatic carbocycles. The van der Waals surface area contributed by atoms with Crippen LogP contribution in [0.2, 0.25) is 0 Å². The number of benzene rings is 2. The Morgan fingerprint density at radius 2 is 1.75 bits per heavy atom. The minimum atomic E-state index is 0.385. The number of aromatic nitrogens is 2. The van der Waals surface area contributed by atoms with Crippen LogP contribution in [0.1, 0.15) is 12.8 Å². The standard InChI is InChI=1S/C25H23N3O4/c1-29-20-11-9-18(10-12-20)21-22-24(31-16-6-15-30-14-5-13-26)27-17-28-25(22)32-23(21)19-7-3-2-4-8-19/h2-4,7-12,17H,5-6,14-16H2,1H3. The van der Waals surface area contributed by atoms with Gasteiger partial charge in [0.2, 0.25) is 11.6 Å². The van der Waals surface area contributed by atoms with Gasteiger partial charge >= 0.3 is 0 Å². The lowest BCUT2D eigenvalue weighted by atomic mass is 9.99. The molecule has 0 aliphatic rings. The molecule has 7 nitrogen and oxygen atoms in total. The Kier molecular flexibility index (Phi) is 6.95. The van der Waals surface area contributed by atoms with Crippen LogP contribution in [0.15, 0.2) is 65.3 Å². The molecule has 2 heterocycles. The molecular formula is C25H23N3O4. The maximum Gasteiger partial charge on any atom is 0.234 e. The maximum atomic E-state index is 8.57. The molecule has 0 spiro atoms. The molecule has 0 unspecified atom stereocenters. The summed E-state index contributed by atoms with van der Waals surface area (Å²) in [6, 6.07) is 19.7. The largest absolute Gasteiger partial charge is 0.497 e. The van der Waals surface area contributed by atoms with E-state index in [0.29, 0.717) is 50.0 Å². The lowest BCUT2D eigenvalue weighted by Gasteiger charge is -2.09. The molecule has 7 heteroatoms. The van der Waals surface area contributed by atoms with E-state index in [2.05, 4.69) is 16.0 Å². The Balaban J connectivity index is 1.69. The lowest BCUT2D eigenvalue weighted by Crippen LogP contribution is -2.05. The summed E-state index contributed by atoms with van der Waals surface area (Å²) in [7, 11) is 1.64. The van der Waals surface area contributed by atoms with Gasteiger partial charge in [0, 0.05) is 24.2 Å². The molecule has 0 fully saturated rings. The number of fused-ring (bicyclic) bond motifs is 1. The highest BCUT2D eigenvalue weighted by Crippen LogP contribution is 2.43. The molecule has 0 bridgehead atoms. The van der Waals surface area contributed by atoms with E-state index in [9.17, 15) is 0 Å². The summed E-state index contributed by atoms with van der Waals surface area (Å²) in [4.78, 5) is 8.73. The summed E-state index contributed by atoms with van der Waals surface area (Å²) >= 11 is 0. The molecule has 0 aliphatic heterocycles. The highest BCUT2D eigenvalue weighted by Gasteiger charge is 2.23. The fourth-order valence-electron chi connectivity index (χ4n) is 3.39. The van der Waals surface area contributed by atoms with E-state index < -0.39 is 0 Å². The molecule has 2 aromatic heterocycles. The average Bonchev–Trinajstić information content (AvgIpc) is 3.24. The third-order valence-electron chi connectivity index (χ3n) is 4.90. The van der Waals surface area contributed by atoms with Crippen LogP contribution in [-0.4, -0.2) is 36.9 Å². The number of rotatable bonds is 10. The molecule has 0 radical (unpaired) electrons. The van der Waals surface area contributed by atoms with Crippen LogP contribution in [0.4, 0.5) is 0 Å². The summed E-state index contributed by atoms with van der Waals surface area (Å²) in [6.07, 6.45) is 2.51. The van der Waals surface area contributed by atoms with Crippen LogP contribution in [0.3, 0.4) is 0 Å². The van der Waals surface area contributed by atoms with E-state index in [0.717, 1.165) is 27.8 Å². The molecular weight excluding hydrogens is 406 g/mol. The second-order valence-electron chi connectivity index (χ2n) is 6.98. The van der Waals surface area contributed by atoms with Crippen LogP contribution in [0.5, 0.6) is 11.6 Å².